The third-order valence-corrected chi connectivity index (χ3v) is 3.60. The summed E-state index contributed by atoms with van der Waals surface area (Å²) in [5.74, 6) is 2.03. The average molecular weight is 183 g/mol. The minimum absolute atomic E-state index is 0.591. The predicted octanol–water partition coefficient (Wildman–Crippen LogP) is 1.57. The van der Waals surface area contributed by atoms with Gasteiger partial charge in [0.25, 0.3) is 0 Å². The summed E-state index contributed by atoms with van der Waals surface area (Å²) in [7, 11) is 1.89. The number of hydrogen-bond acceptors (Lipinski definition) is 3. The molecule has 1 atom stereocenters. The molecule has 3 nitrogen and oxygen atoms in total. The molecular weight excluding hydrogens is 170 g/mol. The summed E-state index contributed by atoms with van der Waals surface area (Å²) >= 11 is 1.99. The van der Waals surface area contributed by atoms with Crippen molar-refractivity contribution in [3.05, 3.63) is 11.8 Å². The lowest BCUT2D eigenvalue weighted by Gasteiger charge is -2.01. The lowest BCUT2D eigenvalue weighted by atomic mass is 10.2. The molecule has 1 fully saturated rings. The maximum absolute atomic E-state index is 5.70. The van der Waals surface area contributed by atoms with Crippen molar-refractivity contribution in [1.82, 2.24) is 9.78 Å². The third-order valence-electron chi connectivity index (χ3n) is 2.19. The van der Waals surface area contributed by atoms with Gasteiger partial charge in [-0.2, -0.15) is 16.9 Å². The highest BCUT2D eigenvalue weighted by Crippen LogP contribution is 2.39. The number of hydrogen-bond donors (Lipinski definition) is 1. The zero-order valence-electron chi connectivity index (χ0n) is 7.16. The number of aromatic nitrogens is 2. The molecule has 1 unspecified atom stereocenters. The lowest BCUT2D eigenvalue weighted by Crippen LogP contribution is -1.97. The molecule has 0 spiro atoms. The van der Waals surface area contributed by atoms with E-state index in [1.807, 2.05) is 24.9 Å². The Morgan fingerprint density at radius 1 is 1.75 bits per heavy atom. The Morgan fingerprint density at radius 2 is 2.58 bits per heavy atom. The molecule has 1 saturated heterocycles. The van der Waals surface area contributed by atoms with Crippen molar-refractivity contribution in [2.24, 2.45) is 7.05 Å². The fraction of sp³-hybridized carbons (Fsp3) is 0.625. The summed E-state index contributed by atoms with van der Waals surface area (Å²) in [6, 6.07) is 1.99. The Kier molecular flexibility index (Phi) is 2.00. The molecule has 1 aromatic rings. The standard InChI is InChI=1S/C8H13N3S/c1-11-8(9)5-6(10-11)7-3-2-4-12-7/h5,7H,2-4,9H2,1H3. The number of rotatable bonds is 1. The van der Waals surface area contributed by atoms with Gasteiger partial charge < -0.3 is 5.73 Å². The average Bonchev–Trinajstić information content (AvgIpc) is 2.61. The Morgan fingerprint density at radius 3 is 3.08 bits per heavy atom. The first kappa shape index (κ1) is 7.98. The Hall–Kier alpha value is -0.640. The SMILES string of the molecule is Cn1nc(C2CCCS2)cc1N. The molecule has 2 rings (SSSR count). The van der Waals surface area contributed by atoms with E-state index in [9.17, 15) is 0 Å². The van der Waals surface area contributed by atoms with E-state index in [4.69, 9.17) is 5.73 Å². The van der Waals surface area contributed by atoms with E-state index < -0.39 is 0 Å². The van der Waals surface area contributed by atoms with E-state index in [0.29, 0.717) is 5.25 Å². The quantitative estimate of drug-likeness (QED) is 0.718. The molecule has 4 heteroatoms. The molecular formula is C8H13N3S. The second-order valence-corrected chi connectivity index (χ2v) is 4.43. The van der Waals surface area contributed by atoms with Gasteiger partial charge in [-0.25, -0.2) is 0 Å². The van der Waals surface area contributed by atoms with Crippen LogP contribution in [0.25, 0.3) is 0 Å². The van der Waals surface area contributed by atoms with Crippen LogP contribution in [0.3, 0.4) is 0 Å². The summed E-state index contributed by atoms with van der Waals surface area (Å²) < 4.78 is 1.74. The van der Waals surface area contributed by atoms with Crippen molar-refractivity contribution >= 4 is 17.6 Å². The molecule has 1 aliphatic heterocycles. The van der Waals surface area contributed by atoms with E-state index in [0.717, 1.165) is 11.5 Å². The summed E-state index contributed by atoms with van der Waals surface area (Å²) in [6.07, 6.45) is 2.56. The normalized spacial score (nSPS) is 23.2. The van der Waals surface area contributed by atoms with Crippen LogP contribution in [0.15, 0.2) is 6.07 Å². The number of nitrogens with zero attached hydrogens (tertiary/aromatic N) is 2. The highest BCUT2D eigenvalue weighted by molar-refractivity contribution is 7.99. The third kappa shape index (κ3) is 1.31. The van der Waals surface area contributed by atoms with Gasteiger partial charge in [0.15, 0.2) is 0 Å². The van der Waals surface area contributed by atoms with Crippen molar-refractivity contribution in [3.63, 3.8) is 0 Å². The highest BCUT2D eigenvalue weighted by Gasteiger charge is 2.20. The molecule has 2 heterocycles. The summed E-state index contributed by atoms with van der Waals surface area (Å²) in [5.41, 5.74) is 6.85. The lowest BCUT2D eigenvalue weighted by molar-refractivity contribution is 0.727. The van der Waals surface area contributed by atoms with Crippen molar-refractivity contribution in [2.75, 3.05) is 11.5 Å². The molecule has 0 amide bonds. The van der Waals surface area contributed by atoms with E-state index in [2.05, 4.69) is 5.10 Å². The Labute approximate surface area is 76.3 Å². The summed E-state index contributed by atoms with van der Waals surface area (Å²) in [5, 5.41) is 4.95. The zero-order valence-corrected chi connectivity index (χ0v) is 7.97. The molecule has 2 N–H and O–H groups in total. The number of thioether (sulfide) groups is 1. The van der Waals surface area contributed by atoms with Crippen molar-refractivity contribution in [2.45, 2.75) is 18.1 Å². The van der Waals surface area contributed by atoms with Gasteiger partial charge in [-0.05, 0) is 18.6 Å². The van der Waals surface area contributed by atoms with Gasteiger partial charge in [0.2, 0.25) is 0 Å². The monoisotopic (exact) mass is 183 g/mol. The fourth-order valence-corrected chi connectivity index (χ4v) is 2.71. The zero-order chi connectivity index (χ0) is 8.55. The first-order chi connectivity index (χ1) is 5.77. The van der Waals surface area contributed by atoms with Gasteiger partial charge in [0.1, 0.15) is 5.82 Å². The van der Waals surface area contributed by atoms with Crippen LogP contribution >= 0.6 is 11.8 Å². The maximum Gasteiger partial charge on any atom is 0.121 e. The van der Waals surface area contributed by atoms with Gasteiger partial charge in [-0.3, -0.25) is 4.68 Å². The summed E-state index contributed by atoms with van der Waals surface area (Å²) in [4.78, 5) is 0. The van der Waals surface area contributed by atoms with Gasteiger partial charge in [-0.15, -0.1) is 0 Å². The topological polar surface area (TPSA) is 43.8 Å². The van der Waals surface area contributed by atoms with Crippen molar-refractivity contribution in [1.29, 1.82) is 0 Å². The number of aryl methyl sites for hydroxylation is 1. The molecule has 0 aromatic carbocycles. The van der Waals surface area contributed by atoms with Crippen LogP contribution in [0.4, 0.5) is 5.82 Å². The Balaban J connectivity index is 2.21. The van der Waals surface area contributed by atoms with Crippen LogP contribution in [0.2, 0.25) is 0 Å². The van der Waals surface area contributed by atoms with Crippen molar-refractivity contribution in [3.8, 4) is 0 Å². The molecule has 12 heavy (non-hydrogen) atoms. The minimum atomic E-state index is 0.591. The van der Waals surface area contributed by atoms with Crippen molar-refractivity contribution < 1.29 is 0 Å². The molecule has 0 aliphatic carbocycles. The van der Waals surface area contributed by atoms with Crippen LogP contribution in [0, 0.1) is 0 Å². The first-order valence-corrected chi connectivity index (χ1v) is 5.23. The van der Waals surface area contributed by atoms with Gasteiger partial charge >= 0.3 is 0 Å². The molecule has 1 aliphatic rings. The molecule has 0 bridgehead atoms. The molecule has 66 valence electrons. The van der Waals surface area contributed by atoms with E-state index >= 15 is 0 Å². The van der Waals surface area contributed by atoms with E-state index in [-0.39, 0.29) is 0 Å². The second kappa shape index (κ2) is 3.01. The van der Waals surface area contributed by atoms with Crippen LogP contribution in [0.1, 0.15) is 23.8 Å². The maximum atomic E-state index is 5.70. The highest BCUT2D eigenvalue weighted by atomic mass is 32.2. The van der Waals surface area contributed by atoms with E-state index in [1.54, 1.807) is 4.68 Å². The molecule has 0 saturated carbocycles. The first-order valence-electron chi connectivity index (χ1n) is 4.18. The van der Waals surface area contributed by atoms with Crippen LogP contribution in [-0.4, -0.2) is 15.5 Å². The van der Waals surface area contributed by atoms with E-state index in [1.165, 1.54) is 18.6 Å². The number of anilines is 1. The minimum Gasteiger partial charge on any atom is -0.384 e. The number of nitrogen functional groups attached to an aromatic ring is 1. The Bertz CT molecular complexity index is 256. The van der Waals surface area contributed by atoms with Crippen LogP contribution in [-0.2, 0) is 7.05 Å². The number of nitrogens with two attached hydrogens (primary N) is 1. The smallest absolute Gasteiger partial charge is 0.121 e. The molecule has 0 radical (unpaired) electrons. The van der Waals surface area contributed by atoms with Crippen LogP contribution in [0.5, 0.6) is 0 Å². The largest absolute Gasteiger partial charge is 0.384 e. The summed E-state index contributed by atoms with van der Waals surface area (Å²) in [6.45, 7) is 0. The second-order valence-electron chi connectivity index (χ2n) is 3.12. The van der Waals surface area contributed by atoms with Gasteiger partial charge in [0, 0.05) is 18.4 Å². The predicted molar refractivity (Wildman–Crippen MR) is 52.1 cm³/mol. The van der Waals surface area contributed by atoms with Gasteiger partial charge in [-0.1, -0.05) is 0 Å². The molecule has 1 aromatic heterocycles. The van der Waals surface area contributed by atoms with Crippen LogP contribution < -0.4 is 5.73 Å². The fourth-order valence-electron chi connectivity index (χ4n) is 1.47. The van der Waals surface area contributed by atoms with Gasteiger partial charge in [0.05, 0.1) is 5.69 Å².